The van der Waals surface area contributed by atoms with Crippen LogP contribution in [0.25, 0.3) is 72.4 Å². The second-order valence-corrected chi connectivity index (χ2v) is 29.6. The molecule has 0 aliphatic heterocycles. The van der Waals surface area contributed by atoms with Crippen molar-refractivity contribution in [2.24, 2.45) is 5.41 Å². The molecule has 0 saturated carbocycles. The Bertz CT molecular complexity index is 3260. The summed E-state index contributed by atoms with van der Waals surface area (Å²) in [5, 5.41) is 1.21. The fraction of sp³-hybridized carbons (Fsp3) is 0.263. The minimum absolute atomic E-state index is 0. The largest absolute Gasteiger partial charge is 0 e. The Labute approximate surface area is 402 Å². The first-order valence-corrected chi connectivity index (χ1v) is 29.1. The normalized spacial score (nSPS) is 13.5. The molecule has 3 heterocycles. The Morgan fingerprint density at radius 1 is 0.812 bits per heavy atom. The van der Waals surface area contributed by atoms with Gasteiger partial charge < -0.3 is 8.98 Å². The average Bonchev–Trinajstić information content (AvgIpc) is 3.88. The van der Waals surface area contributed by atoms with E-state index in [2.05, 4.69) is 109 Å². The Kier molecular flexibility index (Phi) is 11.8. The maximum atomic E-state index is 15.3. The van der Waals surface area contributed by atoms with Gasteiger partial charge in [-0.05, 0) is 69.8 Å². The molecule has 0 spiro atoms. The molecule has 329 valence electrons. The molecule has 4 nitrogen and oxygen atoms in total. The van der Waals surface area contributed by atoms with Gasteiger partial charge in [0, 0.05) is 37.0 Å². The van der Waals surface area contributed by atoms with Gasteiger partial charge in [-0.1, -0.05) is 93.9 Å². The van der Waals surface area contributed by atoms with Crippen molar-refractivity contribution in [1.82, 2.24) is 14.5 Å². The molecule has 0 aliphatic carbocycles. The molecule has 0 saturated heterocycles. The zero-order valence-electron chi connectivity index (χ0n) is 43.2. The number of rotatable bonds is 8. The minimum atomic E-state index is -2.36. The van der Waals surface area contributed by atoms with Gasteiger partial charge >= 0.3 is 145 Å². The Hall–Kier alpha value is -5.14. The maximum absolute atomic E-state index is 15.3. The molecule has 0 bridgehead atoms. The average molecular weight is 1090 g/mol. The van der Waals surface area contributed by atoms with Crippen molar-refractivity contribution in [3.8, 4) is 39.5 Å². The second kappa shape index (κ2) is 18.8. The van der Waals surface area contributed by atoms with E-state index in [-0.39, 0.29) is 43.3 Å². The first-order valence-electron chi connectivity index (χ1n) is 24.2. The Morgan fingerprint density at radius 3 is 2.12 bits per heavy atom. The maximum Gasteiger partial charge on any atom is 0 e. The van der Waals surface area contributed by atoms with E-state index in [4.69, 9.17) is 16.3 Å². The van der Waals surface area contributed by atoms with Crippen LogP contribution in [0.15, 0.2) is 132 Å². The number of hydrogen-bond donors (Lipinski definition) is 0. The van der Waals surface area contributed by atoms with Crippen molar-refractivity contribution in [2.75, 3.05) is 0 Å². The van der Waals surface area contributed by atoms with Gasteiger partial charge in [-0.2, -0.15) is 0 Å². The molecular weight excluding hydrogens is 1030 g/mol. The molecule has 3 aromatic heterocycles. The van der Waals surface area contributed by atoms with Crippen LogP contribution in [-0.4, -0.2) is 27.8 Å². The zero-order chi connectivity index (χ0) is 49.1. The number of benzene rings is 6. The monoisotopic (exact) mass is 1090 g/mol. The van der Waals surface area contributed by atoms with E-state index in [0.717, 1.165) is 26.5 Å². The predicted molar refractivity (Wildman–Crippen MR) is 266 cm³/mol. The molecule has 0 fully saturated rings. The van der Waals surface area contributed by atoms with Crippen molar-refractivity contribution in [3.05, 3.63) is 168 Å². The number of nitrogens with zero attached hydrogens (tertiary/aromatic N) is 3. The number of aryl methyl sites for hydroxylation is 1. The molecule has 0 aliphatic rings. The molecular formula is C57H58FGeIrN3O-2. The third-order valence-corrected chi connectivity index (χ3v) is 15.5. The first-order chi connectivity index (χ1) is 32.0. The van der Waals surface area contributed by atoms with Crippen molar-refractivity contribution in [3.63, 3.8) is 0 Å². The van der Waals surface area contributed by atoms with Crippen molar-refractivity contribution >= 4 is 50.6 Å². The van der Waals surface area contributed by atoms with E-state index >= 15 is 4.39 Å². The molecule has 9 rings (SSSR count). The number of para-hydroxylation sites is 3. The van der Waals surface area contributed by atoms with Crippen LogP contribution in [0.4, 0.5) is 4.39 Å². The van der Waals surface area contributed by atoms with Crippen LogP contribution >= 0.6 is 0 Å². The zero-order valence-corrected chi connectivity index (χ0v) is 42.7. The number of halogens is 1. The van der Waals surface area contributed by atoms with Gasteiger partial charge in [-0.15, -0.1) is 12.1 Å². The van der Waals surface area contributed by atoms with Gasteiger partial charge in [0.25, 0.3) is 0 Å². The van der Waals surface area contributed by atoms with Crippen molar-refractivity contribution in [1.29, 1.82) is 0 Å². The van der Waals surface area contributed by atoms with Crippen LogP contribution in [0.3, 0.4) is 0 Å². The summed E-state index contributed by atoms with van der Waals surface area (Å²) in [5.74, 6) is 7.51. The molecule has 64 heavy (non-hydrogen) atoms. The quantitative estimate of drug-likeness (QED) is 0.112. The third-order valence-electron chi connectivity index (χ3n) is 11.2. The summed E-state index contributed by atoms with van der Waals surface area (Å²) < 4.78 is 65.0. The number of furan rings is 1. The van der Waals surface area contributed by atoms with E-state index in [9.17, 15) is 0 Å². The van der Waals surface area contributed by atoms with Crippen LogP contribution in [0.2, 0.25) is 17.3 Å². The van der Waals surface area contributed by atoms with E-state index < -0.39 is 31.9 Å². The first kappa shape index (κ1) is 40.4. The standard InChI is InChI=1S/C37H30FN2O.C20H28GeN.Ir/c1-22(2)28-20-25(24-12-6-5-7-13-24)21-29(23(3)4)35(28)40-32-16-10-9-15-31(32)39-37(40)27-18-19-30(38)34-26-14-8-11-17-33(26)41-36(27)34;1-15-8-10-16(11-9-15)19-12-17(13-20(2,3)4)18(14-22-19)21(5,6)7;/h5-17,19-23H,1-4H3;8-10,12,14H,13H2,1-7H3;/q2*-1;/i;1D3,13D2;. The molecule has 0 amide bonds. The van der Waals surface area contributed by atoms with Gasteiger partial charge in [0.2, 0.25) is 0 Å². The summed E-state index contributed by atoms with van der Waals surface area (Å²) in [6.07, 6.45) is 0.303. The SMILES string of the molecule is CC(C)c1cc(-c2ccccc2)cc(C(C)C)c1-n1c(-c2[c-]cc(F)c3c2oc2ccccc23)nc2ccccc21.[2H]C([2H])([2H])c1c[c-]c(-c2cc(C([2H])([2H])C(C)(C)C)[c]([Ge]([CH3])([CH3])[CH3])cn2)cc1.[Ir]. The number of pyridine rings is 1. The van der Waals surface area contributed by atoms with Crippen LogP contribution < -0.4 is 4.40 Å². The van der Waals surface area contributed by atoms with E-state index in [0.29, 0.717) is 44.8 Å². The molecule has 0 atom stereocenters. The van der Waals surface area contributed by atoms with Crippen LogP contribution in [0, 0.1) is 30.2 Å². The Balaban J connectivity index is 0.000000220. The molecule has 7 heteroatoms. The van der Waals surface area contributed by atoms with Gasteiger partial charge in [-0.3, -0.25) is 9.37 Å². The summed E-state index contributed by atoms with van der Waals surface area (Å²) in [4.78, 5) is 9.71. The predicted octanol–water partition coefficient (Wildman–Crippen LogP) is 15.4. The van der Waals surface area contributed by atoms with E-state index in [1.165, 1.54) is 34.4 Å². The molecule has 6 aromatic carbocycles. The molecule has 0 unspecified atom stereocenters. The number of hydrogen-bond acceptors (Lipinski definition) is 3. The van der Waals surface area contributed by atoms with Crippen LogP contribution in [0.1, 0.15) is 89.4 Å². The van der Waals surface area contributed by atoms with E-state index in [1.807, 2.05) is 81.6 Å². The van der Waals surface area contributed by atoms with Crippen LogP contribution in [-0.2, 0) is 26.5 Å². The molecule has 0 N–H and O–H groups in total. The second-order valence-electron chi connectivity index (χ2n) is 19.0. The number of imidazole rings is 1. The van der Waals surface area contributed by atoms with Gasteiger partial charge in [0.05, 0.1) is 22.4 Å². The Morgan fingerprint density at radius 2 is 1.48 bits per heavy atom. The van der Waals surface area contributed by atoms with Crippen molar-refractivity contribution < 1.29 is 35.8 Å². The summed E-state index contributed by atoms with van der Waals surface area (Å²) in [5.41, 5.74) is 11.2. The third kappa shape index (κ3) is 9.61. The topological polar surface area (TPSA) is 43.9 Å². The number of fused-ring (bicyclic) bond motifs is 4. The summed E-state index contributed by atoms with van der Waals surface area (Å²) in [6, 6.07) is 45.1. The van der Waals surface area contributed by atoms with E-state index in [1.54, 1.807) is 12.1 Å². The van der Waals surface area contributed by atoms with Crippen LogP contribution in [0.5, 0.6) is 0 Å². The summed E-state index contributed by atoms with van der Waals surface area (Å²) in [6.45, 7) is 12.5. The van der Waals surface area contributed by atoms with Gasteiger partial charge in [-0.25, -0.2) is 0 Å². The molecule has 9 aromatic rings. The summed E-state index contributed by atoms with van der Waals surface area (Å²) in [7, 11) is 0. The molecule has 1 radical (unpaired) electrons. The minimum Gasteiger partial charge on any atom is 0 e. The summed E-state index contributed by atoms with van der Waals surface area (Å²) >= 11 is -2.36. The van der Waals surface area contributed by atoms with Gasteiger partial charge in [0.1, 0.15) is 5.58 Å². The smallest absolute Gasteiger partial charge is 0 e. The fourth-order valence-corrected chi connectivity index (χ4v) is 11.2. The van der Waals surface area contributed by atoms with Gasteiger partial charge in [0.15, 0.2) is 0 Å². The fourth-order valence-electron chi connectivity index (χ4n) is 8.23. The number of aromatic nitrogens is 3. The van der Waals surface area contributed by atoms with Crippen molar-refractivity contribution in [2.45, 2.75) is 90.8 Å².